The van der Waals surface area contributed by atoms with E-state index >= 15 is 0 Å². The average Bonchev–Trinajstić information content (AvgIpc) is 3.36. The lowest BCUT2D eigenvalue weighted by Gasteiger charge is -2.22. The molecule has 3 rings (SSSR count). The number of hydrogen-bond acceptors (Lipinski definition) is 6. The molecule has 0 spiro atoms. The molecule has 0 aliphatic heterocycles. The van der Waals surface area contributed by atoms with Gasteiger partial charge in [-0.2, -0.15) is 18.3 Å². The van der Waals surface area contributed by atoms with E-state index in [1.165, 1.54) is 19.1 Å². The summed E-state index contributed by atoms with van der Waals surface area (Å²) in [5, 5.41) is 10.7. The third-order valence-corrected chi connectivity index (χ3v) is 5.25. The zero-order chi connectivity index (χ0) is 29.5. The number of rotatable bonds is 8. The van der Waals surface area contributed by atoms with Crippen LogP contribution in [0.3, 0.4) is 0 Å². The lowest BCUT2D eigenvalue weighted by molar-refractivity contribution is -0.141. The second-order valence-electron chi connectivity index (χ2n) is 9.77. The highest BCUT2D eigenvalue weighted by Gasteiger charge is 2.35. The maximum atomic E-state index is 13.2. The van der Waals surface area contributed by atoms with Crippen molar-refractivity contribution in [1.29, 1.82) is 0 Å². The maximum Gasteiger partial charge on any atom is 0.432 e. The predicted octanol–water partition coefficient (Wildman–Crippen LogP) is 5.43. The van der Waals surface area contributed by atoms with Gasteiger partial charge in [-0.15, -0.1) is 0 Å². The Labute approximate surface area is 228 Å². The topological polar surface area (TPSA) is 126 Å². The molecule has 1 aromatic heterocycles. The highest BCUT2D eigenvalue weighted by Crippen LogP contribution is 2.33. The summed E-state index contributed by atoms with van der Waals surface area (Å²) < 4.78 is 50.2. The molecule has 0 unspecified atom stereocenters. The molecule has 3 aromatic rings. The van der Waals surface area contributed by atoms with Gasteiger partial charge in [0.15, 0.2) is 5.82 Å². The Morgan fingerprint density at radius 3 is 2.30 bits per heavy atom. The molecule has 13 heteroatoms. The van der Waals surface area contributed by atoms with E-state index in [0.29, 0.717) is 17.2 Å². The lowest BCUT2D eigenvalue weighted by atomic mass is 10.1. The Kier molecular flexibility index (Phi) is 9.40. The number of aromatic nitrogens is 2. The molecule has 0 aliphatic carbocycles. The second kappa shape index (κ2) is 12.5. The van der Waals surface area contributed by atoms with Crippen molar-refractivity contribution in [2.45, 2.75) is 58.7 Å². The van der Waals surface area contributed by atoms with Gasteiger partial charge in [0.25, 0.3) is 0 Å². The lowest BCUT2D eigenvalue weighted by Crippen LogP contribution is -2.46. The number of benzene rings is 2. The number of halogens is 3. The van der Waals surface area contributed by atoms with Crippen molar-refractivity contribution in [3.8, 4) is 0 Å². The smallest absolute Gasteiger partial charge is 0.432 e. The van der Waals surface area contributed by atoms with Crippen molar-refractivity contribution in [3.05, 3.63) is 77.5 Å². The largest absolute Gasteiger partial charge is 0.444 e. The van der Waals surface area contributed by atoms with Crippen LogP contribution in [-0.4, -0.2) is 39.9 Å². The van der Waals surface area contributed by atoms with Crippen LogP contribution in [0.15, 0.2) is 60.7 Å². The molecule has 10 nitrogen and oxygen atoms in total. The van der Waals surface area contributed by atoms with Crippen LogP contribution in [0.25, 0.3) is 0 Å². The van der Waals surface area contributed by atoms with Gasteiger partial charge >= 0.3 is 18.4 Å². The third-order valence-electron chi connectivity index (χ3n) is 5.25. The Hall–Kier alpha value is -4.55. The highest BCUT2D eigenvalue weighted by atomic mass is 19.4. The number of alkyl halides is 3. The zero-order valence-electron chi connectivity index (χ0n) is 22.3. The van der Waals surface area contributed by atoms with Crippen molar-refractivity contribution in [3.63, 3.8) is 0 Å². The number of carbonyl (C=O) groups excluding carboxylic acids is 3. The van der Waals surface area contributed by atoms with Gasteiger partial charge in [0.1, 0.15) is 23.9 Å². The monoisotopic (exact) mass is 561 g/mol. The first-order valence-electron chi connectivity index (χ1n) is 12.2. The first kappa shape index (κ1) is 30.0. The van der Waals surface area contributed by atoms with Gasteiger partial charge in [-0.25, -0.2) is 14.5 Å². The number of ether oxygens (including phenoxy) is 2. The molecular weight excluding hydrogens is 531 g/mol. The fourth-order valence-electron chi connectivity index (χ4n) is 3.38. The first-order valence-corrected chi connectivity index (χ1v) is 12.2. The zero-order valence-corrected chi connectivity index (χ0v) is 22.3. The van der Waals surface area contributed by atoms with Crippen molar-refractivity contribution in [2.75, 3.05) is 4.90 Å². The fraction of sp³-hybridized carbons (Fsp3) is 0.333. The van der Waals surface area contributed by atoms with E-state index in [4.69, 9.17) is 9.47 Å². The van der Waals surface area contributed by atoms with Crippen molar-refractivity contribution in [1.82, 2.24) is 20.8 Å². The van der Waals surface area contributed by atoms with Gasteiger partial charge in [0.05, 0.1) is 5.69 Å². The number of aromatic amines is 1. The van der Waals surface area contributed by atoms with Crippen molar-refractivity contribution in [2.24, 2.45) is 0 Å². The molecule has 40 heavy (non-hydrogen) atoms. The summed E-state index contributed by atoms with van der Waals surface area (Å²) in [6, 6.07) is 14.8. The molecular formula is C27H30F3N5O5. The number of alkyl carbamates (subject to hydrolysis) is 1. The molecule has 2 aromatic carbocycles. The van der Waals surface area contributed by atoms with E-state index < -0.39 is 41.6 Å². The molecule has 0 saturated heterocycles. The van der Waals surface area contributed by atoms with Crippen LogP contribution in [0.4, 0.5) is 34.3 Å². The quantitative estimate of drug-likeness (QED) is 0.337. The molecule has 0 bridgehead atoms. The van der Waals surface area contributed by atoms with Crippen LogP contribution in [0.2, 0.25) is 0 Å². The number of anilines is 2. The summed E-state index contributed by atoms with van der Waals surface area (Å²) >= 11 is 0. The third kappa shape index (κ3) is 8.75. The minimum Gasteiger partial charge on any atom is -0.444 e. The standard InChI is InChI=1S/C27H30F3N5O5/c1-17(32-24(37)40-26(2,3)4)23(36)31-15-19-11-8-12-20(13-19)35(22-14-21(33-34-22)27(28,29)30)25(38)39-16-18-9-6-5-7-10-18/h5-14,17H,15-16H2,1-4H3,(H,31,36)(H,32,37)(H,33,34)/t17-/m0/s1. The van der Waals surface area contributed by atoms with Crippen LogP contribution in [0, 0.1) is 0 Å². The second-order valence-corrected chi connectivity index (χ2v) is 9.77. The predicted molar refractivity (Wildman–Crippen MR) is 139 cm³/mol. The molecule has 0 aliphatic rings. The number of nitrogens with one attached hydrogen (secondary N) is 3. The normalized spacial score (nSPS) is 12.3. The molecule has 1 atom stereocenters. The number of H-pyrrole nitrogens is 1. The SMILES string of the molecule is C[C@H](NC(=O)OC(C)(C)C)C(=O)NCc1cccc(N(C(=O)OCc2ccccc2)c2cc(C(F)(F)F)[nH]n2)c1. The Balaban J connectivity index is 1.76. The van der Waals surface area contributed by atoms with Crippen LogP contribution in [0.1, 0.15) is 44.5 Å². The van der Waals surface area contributed by atoms with Crippen molar-refractivity contribution >= 4 is 29.6 Å². The molecule has 1 heterocycles. The summed E-state index contributed by atoms with van der Waals surface area (Å²) in [4.78, 5) is 38.4. The summed E-state index contributed by atoms with van der Waals surface area (Å²) in [5.74, 6) is -0.834. The van der Waals surface area contributed by atoms with Crippen molar-refractivity contribution < 1.29 is 37.0 Å². The number of nitrogens with zero attached hydrogens (tertiary/aromatic N) is 2. The maximum absolute atomic E-state index is 13.2. The van der Waals surface area contributed by atoms with Crippen LogP contribution >= 0.6 is 0 Å². The molecule has 214 valence electrons. The summed E-state index contributed by atoms with van der Waals surface area (Å²) in [5.41, 5.74) is -0.519. The van der Waals surface area contributed by atoms with E-state index in [1.807, 2.05) is 5.10 Å². The van der Waals surface area contributed by atoms with Gasteiger partial charge in [-0.1, -0.05) is 42.5 Å². The molecule has 0 radical (unpaired) electrons. The minimum atomic E-state index is -4.71. The van der Waals surface area contributed by atoms with E-state index in [-0.39, 0.29) is 24.7 Å². The van der Waals surface area contributed by atoms with Crippen LogP contribution in [0.5, 0.6) is 0 Å². The van der Waals surface area contributed by atoms with E-state index in [2.05, 4.69) is 15.7 Å². The van der Waals surface area contributed by atoms with Crippen LogP contribution < -0.4 is 15.5 Å². The Bertz CT molecular complexity index is 1320. The van der Waals surface area contributed by atoms with Crippen LogP contribution in [-0.2, 0) is 33.6 Å². The minimum absolute atomic E-state index is 0.00567. The van der Waals surface area contributed by atoms with Gasteiger partial charge in [0.2, 0.25) is 5.91 Å². The number of carbonyl (C=O) groups is 3. The highest BCUT2D eigenvalue weighted by molar-refractivity contribution is 5.95. The molecule has 0 fully saturated rings. The van der Waals surface area contributed by atoms with Gasteiger partial charge in [-0.3, -0.25) is 9.89 Å². The van der Waals surface area contributed by atoms with E-state index in [1.54, 1.807) is 63.2 Å². The summed E-state index contributed by atoms with van der Waals surface area (Å²) in [6.07, 6.45) is -6.42. The van der Waals surface area contributed by atoms with E-state index in [9.17, 15) is 27.6 Å². The molecule has 0 saturated carbocycles. The molecule has 3 N–H and O–H groups in total. The Morgan fingerprint density at radius 1 is 1.00 bits per heavy atom. The number of amides is 3. The molecule has 3 amide bonds. The van der Waals surface area contributed by atoms with Gasteiger partial charge in [-0.05, 0) is 51.0 Å². The van der Waals surface area contributed by atoms with Gasteiger partial charge in [0, 0.05) is 12.6 Å². The number of hydrogen-bond donors (Lipinski definition) is 3. The van der Waals surface area contributed by atoms with Gasteiger partial charge < -0.3 is 20.1 Å². The fourth-order valence-corrected chi connectivity index (χ4v) is 3.38. The Morgan fingerprint density at radius 2 is 1.68 bits per heavy atom. The van der Waals surface area contributed by atoms with E-state index in [0.717, 1.165) is 4.90 Å². The summed E-state index contributed by atoms with van der Waals surface area (Å²) in [7, 11) is 0. The first-order chi connectivity index (χ1) is 18.7. The average molecular weight is 562 g/mol. The summed E-state index contributed by atoms with van der Waals surface area (Å²) in [6.45, 7) is 6.43.